The molecule has 0 aliphatic heterocycles. The van der Waals surface area contributed by atoms with Gasteiger partial charge in [0.1, 0.15) is 0 Å². The molecule has 0 fully saturated rings. The van der Waals surface area contributed by atoms with E-state index in [-0.39, 0.29) is 5.11 Å². The molecule has 2 aromatic rings. The number of halogens is 1. The normalized spacial score (nSPS) is 10.2. The summed E-state index contributed by atoms with van der Waals surface area (Å²) in [4.78, 5) is 4.22. The molecule has 0 atom stereocenters. The van der Waals surface area contributed by atoms with E-state index in [1.54, 1.807) is 6.20 Å². The smallest absolute Gasteiger partial charge is 0.168 e. The lowest BCUT2D eigenvalue weighted by Crippen LogP contribution is -2.19. The van der Waals surface area contributed by atoms with E-state index in [1.165, 1.54) is 0 Å². The van der Waals surface area contributed by atoms with Gasteiger partial charge in [-0.15, -0.1) is 0 Å². The Labute approximate surface area is 97.2 Å². The van der Waals surface area contributed by atoms with Crippen molar-refractivity contribution in [3.05, 3.63) is 35.5 Å². The fourth-order valence-corrected chi connectivity index (χ4v) is 1.64. The predicted octanol–water partition coefficient (Wildman–Crippen LogP) is 2.54. The number of rotatable bonds is 1. The van der Waals surface area contributed by atoms with E-state index in [4.69, 9.17) is 29.6 Å². The first-order valence-electron chi connectivity index (χ1n) is 4.27. The number of thiocarbonyl (C=S) groups is 1. The zero-order valence-corrected chi connectivity index (χ0v) is 9.27. The third-order valence-electron chi connectivity index (χ3n) is 1.94. The molecule has 15 heavy (non-hydrogen) atoms. The number of fused-ring (bicyclic) bond motifs is 1. The van der Waals surface area contributed by atoms with Gasteiger partial charge in [-0.1, -0.05) is 23.7 Å². The standard InChI is InChI=1S/C10H8ClN3S/c11-7-4-6-2-1-3-8(14-10(12)15)9(6)13-5-7/h1-5H,(H3,12,14,15). The average molecular weight is 238 g/mol. The van der Waals surface area contributed by atoms with E-state index in [0.717, 1.165) is 16.6 Å². The van der Waals surface area contributed by atoms with Crippen molar-refractivity contribution in [2.75, 3.05) is 5.32 Å². The summed E-state index contributed by atoms with van der Waals surface area (Å²) in [6, 6.07) is 7.52. The molecule has 0 aliphatic rings. The highest BCUT2D eigenvalue weighted by atomic mass is 35.5. The van der Waals surface area contributed by atoms with E-state index < -0.39 is 0 Å². The number of hydrogen-bond donors (Lipinski definition) is 2. The van der Waals surface area contributed by atoms with E-state index in [1.807, 2.05) is 24.3 Å². The van der Waals surface area contributed by atoms with Crippen molar-refractivity contribution in [2.45, 2.75) is 0 Å². The van der Waals surface area contributed by atoms with Gasteiger partial charge in [0.05, 0.1) is 16.2 Å². The number of hydrogen-bond acceptors (Lipinski definition) is 2. The minimum absolute atomic E-state index is 0.222. The Kier molecular flexibility index (Phi) is 2.70. The highest BCUT2D eigenvalue weighted by molar-refractivity contribution is 7.80. The Morgan fingerprint density at radius 1 is 1.47 bits per heavy atom. The van der Waals surface area contributed by atoms with E-state index in [2.05, 4.69) is 10.3 Å². The second-order valence-electron chi connectivity index (χ2n) is 3.02. The Morgan fingerprint density at radius 2 is 2.27 bits per heavy atom. The number of pyridine rings is 1. The summed E-state index contributed by atoms with van der Waals surface area (Å²) in [5.41, 5.74) is 7.00. The Bertz CT molecular complexity index is 527. The average Bonchev–Trinajstić information content (AvgIpc) is 2.16. The van der Waals surface area contributed by atoms with Crippen molar-refractivity contribution in [2.24, 2.45) is 5.73 Å². The second kappa shape index (κ2) is 4.00. The van der Waals surface area contributed by atoms with Gasteiger partial charge < -0.3 is 11.1 Å². The molecule has 2 rings (SSSR count). The van der Waals surface area contributed by atoms with Crippen LogP contribution in [0.25, 0.3) is 10.9 Å². The van der Waals surface area contributed by atoms with Crippen LogP contribution in [0.15, 0.2) is 30.5 Å². The molecule has 3 N–H and O–H groups in total. The lowest BCUT2D eigenvalue weighted by atomic mass is 10.2. The fraction of sp³-hybridized carbons (Fsp3) is 0. The first kappa shape index (κ1) is 10.1. The van der Waals surface area contributed by atoms with Crippen molar-refractivity contribution in [3.8, 4) is 0 Å². The van der Waals surface area contributed by atoms with Crippen LogP contribution in [0.3, 0.4) is 0 Å². The van der Waals surface area contributed by atoms with Crippen LogP contribution in [0, 0.1) is 0 Å². The molecule has 3 nitrogen and oxygen atoms in total. The molecule has 0 radical (unpaired) electrons. The fourth-order valence-electron chi connectivity index (χ4n) is 1.37. The van der Waals surface area contributed by atoms with Gasteiger partial charge in [0, 0.05) is 11.6 Å². The van der Waals surface area contributed by atoms with Gasteiger partial charge in [-0.3, -0.25) is 4.98 Å². The molecule has 5 heteroatoms. The molecule has 0 aliphatic carbocycles. The number of nitrogens with zero attached hydrogens (tertiary/aromatic N) is 1. The van der Waals surface area contributed by atoms with Crippen molar-refractivity contribution >= 4 is 45.5 Å². The van der Waals surface area contributed by atoms with Crippen LogP contribution in [0.4, 0.5) is 5.69 Å². The van der Waals surface area contributed by atoms with Crippen LogP contribution >= 0.6 is 23.8 Å². The van der Waals surface area contributed by atoms with Crippen molar-refractivity contribution < 1.29 is 0 Å². The van der Waals surface area contributed by atoms with Gasteiger partial charge >= 0.3 is 0 Å². The van der Waals surface area contributed by atoms with Crippen LogP contribution < -0.4 is 11.1 Å². The molecular weight excluding hydrogens is 230 g/mol. The first-order chi connectivity index (χ1) is 7.16. The minimum Gasteiger partial charge on any atom is -0.376 e. The molecule has 0 amide bonds. The Morgan fingerprint density at radius 3 is 3.00 bits per heavy atom. The molecule has 0 saturated carbocycles. The zero-order chi connectivity index (χ0) is 10.8. The van der Waals surface area contributed by atoms with E-state index in [0.29, 0.717) is 5.02 Å². The SMILES string of the molecule is NC(=S)Nc1cccc2cc(Cl)cnc12. The summed E-state index contributed by atoms with van der Waals surface area (Å²) < 4.78 is 0. The van der Waals surface area contributed by atoms with Crippen molar-refractivity contribution in [3.63, 3.8) is 0 Å². The molecule has 0 bridgehead atoms. The maximum Gasteiger partial charge on any atom is 0.168 e. The Hall–Kier alpha value is -1.39. The van der Waals surface area contributed by atoms with Crippen LogP contribution in [-0.4, -0.2) is 10.1 Å². The van der Waals surface area contributed by atoms with Crippen LogP contribution in [0.1, 0.15) is 0 Å². The topological polar surface area (TPSA) is 50.9 Å². The lowest BCUT2D eigenvalue weighted by molar-refractivity contribution is 1.41. The summed E-state index contributed by atoms with van der Waals surface area (Å²) in [5, 5.41) is 4.65. The third-order valence-corrected chi connectivity index (χ3v) is 2.24. The van der Waals surface area contributed by atoms with Gasteiger partial charge in [-0.05, 0) is 24.4 Å². The highest BCUT2D eigenvalue weighted by Crippen LogP contribution is 2.23. The second-order valence-corrected chi connectivity index (χ2v) is 3.90. The van der Waals surface area contributed by atoms with Crippen LogP contribution in [0.2, 0.25) is 5.02 Å². The first-order valence-corrected chi connectivity index (χ1v) is 5.06. The number of nitrogens with two attached hydrogens (primary N) is 1. The summed E-state index contributed by atoms with van der Waals surface area (Å²) in [6.07, 6.45) is 1.59. The monoisotopic (exact) mass is 237 g/mol. The summed E-state index contributed by atoms with van der Waals surface area (Å²) >= 11 is 10.6. The van der Waals surface area contributed by atoms with E-state index in [9.17, 15) is 0 Å². The Balaban J connectivity index is 2.60. The predicted molar refractivity (Wildman–Crippen MR) is 67.2 cm³/mol. The number of nitrogens with one attached hydrogen (secondary N) is 1. The molecule has 1 heterocycles. The maximum absolute atomic E-state index is 5.84. The van der Waals surface area contributed by atoms with Gasteiger partial charge in [-0.25, -0.2) is 0 Å². The quantitative estimate of drug-likeness (QED) is 0.749. The summed E-state index contributed by atoms with van der Waals surface area (Å²) in [5.74, 6) is 0. The number of benzene rings is 1. The minimum atomic E-state index is 0.222. The van der Waals surface area contributed by atoms with Crippen LogP contribution in [0.5, 0.6) is 0 Å². The lowest BCUT2D eigenvalue weighted by Gasteiger charge is -2.06. The number of anilines is 1. The number of para-hydroxylation sites is 1. The number of aromatic nitrogens is 1. The largest absolute Gasteiger partial charge is 0.376 e. The van der Waals surface area contributed by atoms with Gasteiger partial charge in [0.25, 0.3) is 0 Å². The van der Waals surface area contributed by atoms with Gasteiger partial charge in [0.2, 0.25) is 0 Å². The maximum atomic E-state index is 5.84. The van der Waals surface area contributed by atoms with Gasteiger partial charge in [-0.2, -0.15) is 0 Å². The third kappa shape index (κ3) is 2.16. The molecule has 76 valence electrons. The molecule has 0 spiro atoms. The molecule has 1 aromatic carbocycles. The summed E-state index contributed by atoms with van der Waals surface area (Å²) in [7, 11) is 0. The molecular formula is C10H8ClN3S. The van der Waals surface area contributed by atoms with Crippen molar-refractivity contribution in [1.82, 2.24) is 4.98 Å². The summed E-state index contributed by atoms with van der Waals surface area (Å²) in [6.45, 7) is 0. The molecule has 0 unspecified atom stereocenters. The highest BCUT2D eigenvalue weighted by Gasteiger charge is 2.02. The van der Waals surface area contributed by atoms with Gasteiger partial charge in [0.15, 0.2) is 5.11 Å². The molecule has 1 aromatic heterocycles. The zero-order valence-electron chi connectivity index (χ0n) is 7.70. The molecule has 0 saturated heterocycles. The van der Waals surface area contributed by atoms with Crippen molar-refractivity contribution in [1.29, 1.82) is 0 Å². The van der Waals surface area contributed by atoms with E-state index >= 15 is 0 Å². The van der Waals surface area contributed by atoms with Crippen LogP contribution in [-0.2, 0) is 0 Å².